The molecule has 0 atom stereocenters. The van der Waals surface area contributed by atoms with Gasteiger partial charge in [0.25, 0.3) is 0 Å². The molecule has 0 saturated heterocycles. The maximum Gasteiger partial charge on any atom is 0.341 e. The number of halogens is 1. The molecule has 0 N–H and O–H groups in total. The quantitative estimate of drug-likeness (QED) is 0.174. The minimum Gasteiger partial charge on any atom is -0.488 e. The van der Waals surface area contributed by atoms with Crippen molar-refractivity contribution >= 4 is 28.5 Å². The number of rotatable bonds is 9. The van der Waals surface area contributed by atoms with E-state index in [1.54, 1.807) is 24.4 Å². The van der Waals surface area contributed by atoms with Crippen molar-refractivity contribution < 1.29 is 18.7 Å². The molecule has 7 heteroatoms. The molecule has 0 aliphatic carbocycles. The summed E-state index contributed by atoms with van der Waals surface area (Å²) < 4.78 is 25.4. The number of esters is 1. The van der Waals surface area contributed by atoms with Crippen LogP contribution in [0.4, 0.5) is 9.39 Å². The average molecular weight is 529 g/mol. The lowest BCUT2D eigenvalue weighted by Gasteiger charge is -2.27. The van der Waals surface area contributed by atoms with Crippen LogP contribution in [0.1, 0.15) is 44.4 Å². The first-order valence-electron chi connectivity index (χ1n) is 12.7. The van der Waals surface area contributed by atoms with Crippen LogP contribution in [0.25, 0.3) is 0 Å². The Balaban J connectivity index is 1.39. The summed E-state index contributed by atoms with van der Waals surface area (Å²) in [6.45, 7) is 4.71. The molecule has 194 valence electrons. The van der Waals surface area contributed by atoms with Crippen LogP contribution < -0.4 is 4.74 Å². The molecular formula is C31H29FN2O3S. The van der Waals surface area contributed by atoms with Crippen molar-refractivity contribution in [3.63, 3.8) is 0 Å². The van der Waals surface area contributed by atoms with Gasteiger partial charge in [0.1, 0.15) is 23.2 Å². The van der Waals surface area contributed by atoms with Crippen molar-refractivity contribution in [2.75, 3.05) is 13.2 Å². The summed E-state index contributed by atoms with van der Waals surface area (Å²) in [5.74, 6) is -0.0477. The van der Waals surface area contributed by atoms with E-state index in [1.807, 2.05) is 37.3 Å². The molecule has 0 bridgehead atoms. The van der Waals surface area contributed by atoms with Crippen LogP contribution in [-0.2, 0) is 30.9 Å². The number of thiophene rings is 1. The van der Waals surface area contributed by atoms with Crippen LogP contribution in [0.2, 0.25) is 0 Å². The summed E-state index contributed by atoms with van der Waals surface area (Å²) in [6.07, 6.45) is 2.48. The lowest BCUT2D eigenvalue weighted by molar-refractivity contribution is 0.0526. The molecule has 1 aliphatic rings. The second-order valence-corrected chi connectivity index (χ2v) is 10.1. The van der Waals surface area contributed by atoms with Gasteiger partial charge in [-0.2, -0.15) is 0 Å². The van der Waals surface area contributed by atoms with Gasteiger partial charge in [0.2, 0.25) is 0 Å². The third-order valence-electron chi connectivity index (χ3n) is 6.43. The molecule has 0 fully saturated rings. The third-order valence-corrected chi connectivity index (χ3v) is 7.55. The van der Waals surface area contributed by atoms with Crippen molar-refractivity contribution in [3.8, 4) is 5.75 Å². The Morgan fingerprint density at radius 1 is 1.05 bits per heavy atom. The van der Waals surface area contributed by atoms with Crippen LogP contribution in [-0.4, -0.2) is 30.2 Å². The van der Waals surface area contributed by atoms with Gasteiger partial charge in [0.05, 0.1) is 12.2 Å². The second kappa shape index (κ2) is 12.2. The molecule has 0 saturated carbocycles. The van der Waals surface area contributed by atoms with Crippen LogP contribution in [0, 0.1) is 5.82 Å². The van der Waals surface area contributed by atoms with Gasteiger partial charge in [-0.25, -0.2) is 14.2 Å². The van der Waals surface area contributed by atoms with Crippen molar-refractivity contribution in [2.24, 2.45) is 4.99 Å². The van der Waals surface area contributed by atoms with E-state index >= 15 is 0 Å². The molecule has 3 aromatic carbocycles. The summed E-state index contributed by atoms with van der Waals surface area (Å²) in [6, 6.07) is 24.4. The zero-order valence-corrected chi connectivity index (χ0v) is 22.0. The normalized spacial score (nSPS) is 13.4. The highest BCUT2D eigenvalue weighted by Gasteiger charge is 2.28. The fourth-order valence-corrected chi connectivity index (χ4v) is 5.76. The van der Waals surface area contributed by atoms with Crippen molar-refractivity contribution in [3.05, 3.63) is 117 Å². The molecule has 0 radical (unpaired) electrons. The molecule has 0 amide bonds. The van der Waals surface area contributed by atoms with Gasteiger partial charge in [-0.05, 0) is 42.7 Å². The van der Waals surface area contributed by atoms with E-state index in [4.69, 9.17) is 14.5 Å². The molecule has 4 aromatic rings. The Hall–Kier alpha value is -3.81. The Bertz CT molecular complexity index is 1430. The molecule has 5 nitrogen and oxygen atoms in total. The average Bonchev–Trinajstić information content (AvgIpc) is 3.30. The molecule has 0 spiro atoms. The SMILES string of the molecule is CCOC(=O)c1c(N=Cc2ccccc2OCc2ccccc2F)sc2c1CCN(Cc1ccccc1)C2. The Labute approximate surface area is 226 Å². The van der Waals surface area contributed by atoms with E-state index in [2.05, 4.69) is 29.2 Å². The van der Waals surface area contributed by atoms with E-state index in [9.17, 15) is 9.18 Å². The maximum absolute atomic E-state index is 14.1. The summed E-state index contributed by atoms with van der Waals surface area (Å²) >= 11 is 1.54. The Morgan fingerprint density at radius 3 is 2.63 bits per heavy atom. The predicted molar refractivity (Wildman–Crippen MR) is 149 cm³/mol. The van der Waals surface area contributed by atoms with Gasteiger partial charge in [-0.3, -0.25) is 4.90 Å². The third kappa shape index (κ3) is 6.01. The second-order valence-electron chi connectivity index (χ2n) is 9.03. The minimum atomic E-state index is -0.335. The summed E-state index contributed by atoms with van der Waals surface area (Å²) in [4.78, 5) is 21.3. The van der Waals surface area contributed by atoms with Gasteiger partial charge in [-0.15, -0.1) is 11.3 Å². The van der Waals surface area contributed by atoms with Crippen LogP contribution in [0.3, 0.4) is 0 Å². The number of ether oxygens (including phenoxy) is 2. The summed E-state index contributed by atoms with van der Waals surface area (Å²) in [7, 11) is 0. The highest BCUT2D eigenvalue weighted by Crippen LogP contribution is 2.40. The topological polar surface area (TPSA) is 51.1 Å². The number of benzene rings is 3. The van der Waals surface area contributed by atoms with Crippen LogP contribution in [0.5, 0.6) is 5.75 Å². The van der Waals surface area contributed by atoms with Crippen molar-refractivity contribution in [1.29, 1.82) is 0 Å². The fraction of sp³-hybridized carbons (Fsp3) is 0.226. The zero-order chi connectivity index (χ0) is 26.3. The number of carbonyl (C=O) groups is 1. The van der Waals surface area contributed by atoms with Crippen molar-refractivity contribution in [1.82, 2.24) is 4.90 Å². The van der Waals surface area contributed by atoms with Gasteiger partial charge in [0, 0.05) is 41.9 Å². The van der Waals surface area contributed by atoms with Gasteiger partial charge >= 0.3 is 5.97 Å². The van der Waals surface area contributed by atoms with E-state index in [0.29, 0.717) is 28.5 Å². The summed E-state index contributed by atoms with van der Waals surface area (Å²) in [5.41, 5.74) is 4.09. The zero-order valence-electron chi connectivity index (χ0n) is 21.2. The van der Waals surface area contributed by atoms with E-state index in [0.717, 1.165) is 42.1 Å². The highest BCUT2D eigenvalue weighted by molar-refractivity contribution is 7.16. The Kier molecular flexibility index (Phi) is 8.26. The first kappa shape index (κ1) is 25.8. The molecule has 2 heterocycles. The van der Waals surface area contributed by atoms with E-state index in [1.165, 1.54) is 23.0 Å². The van der Waals surface area contributed by atoms with Gasteiger partial charge < -0.3 is 9.47 Å². The predicted octanol–water partition coefficient (Wildman–Crippen LogP) is 6.95. The number of carbonyl (C=O) groups excluding carboxylic acids is 1. The Morgan fingerprint density at radius 2 is 1.82 bits per heavy atom. The minimum absolute atomic E-state index is 0.107. The fourth-order valence-electron chi connectivity index (χ4n) is 4.54. The first-order valence-corrected chi connectivity index (χ1v) is 13.5. The number of fused-ring (bicyclic) bond motifs is 1. The number of hydrogen-bond acceptors (Lipinski definition) is 6. The van der Waals surface area contributed by atoms with Gasteiger partial charge in [-0.1, -0.05) is 60.7 Å². The van der Waals surface area contributed by atoms with E-state index < -0.39 is 0 Å². The number of nitrogens with zero attached hydrogens (tertiary/aromatic N) is 2. The smallest absolute Gasteiger partial charge is 0.341 e. The summed E-state index contributed by atoms with van der Waals surface area (Å²) in [5, 5.41) is 0.638. The molecule has 0 unspecified atom stereocenters. The molecule has 1 aliphatic heterocycles. The molecule has 1 aromatic heterocycles. The van der Waals surface area contributed by atoms with Gasteiger partial charge in [0.15, 0.2) is 0 Å². The lowest BCUT2D eigenvalue weighted by Crippen LogP contribution is -2.29. The number of aliphatic imine (C=N–C) groups is 1. The largest absolute Gasteiger partial charge is 0.488 e. The standard InChI is InChI=1S/C31H29FN2O3S/c1-2-36-31(35)29-25-16-17-34(19-22-10-4-3-5-11-22)20-28(25)38-30(29)33-18-23-12-7-9-15-27(23)37-21-24-13-6-8-14-26(24)32/h3-15,18H,2,16-17,19-21H2,1H3. The molecule has 5 rings (SSSR count). The van der Waals surface area contributed by atoms with Crippen LogP contribution >= 0.6 is 11.3 Å². The highest BCUT2D eigenvalue weighted by atomic mass is 32.1. The maximum atomic E-state index is 14.1. The van der Waals surface area contributed by atoms with Crippen molar-refractivity contribution in [2.45, 2.75) is 33.0 Å². The molecule has 38 heavy (non-hydrogen) atoms. The lowest BCUT2D eigenvalue weighted by atomic mass is 10.0. The molecular weight excluding hydrogens is 499 g/mol. The number of para-hydroxylation sites is 1. The van der Waals surface area contributed by atoms with E-state index in [-0.39, 0.29) is 18.4 Å². The first-order chi connectivity index (χ1) is 18.6. The van der Waals surface area contributed by atoms with Crippen LogP contribution in [0.15, 0.2) is 83.9 Å². The number of hydrogen-bond donors (Lipinski definition) is 0. The monoisotopic (exact) mass is 528 g/mol.